The molecule has 0 radical (unpaired) electrons. The number of piperazine rings is 1. The number of piperidine rings is 1. The number of benzene rings is 2. The first kappa shape index (κ1) is 22.0. The Morgan fingerprint density at radius 1 is 0.935 bits per heavy atom. The Balaban J connectivity index is 1.34. The normalized spacial score (nSPS) is 21.2. The minimum Gasteiger partial charge on any atom is -0.340 e. The maximum absolute atomic E-state index is 13.2. The molecule has 0 bridgehead atoms. The Morgan fingerprint density at radius 2 is 1.61 bits per heavy atom. The lowest BCUT2D eigenvalue weighted by Gasteiger charge is -2.38. The number of nitrogens with zero attached hydrogens (tertiary/aromatic N) is 3. The van der Waals surface area contributed by atoms with E-state index in [4.69, 9.17) is 0 Å². The maximum Gasteiger partial charge on any atom is 0.243 e. The average Bonchev–Trinajstić information content (AvgIpc) is 2.80. The van der Waals surface area contributed by atoms with Gasteiger partial charge in [-0.25, -0.2) is 8.42 Å². The summed E-state index contributed by atoms with van der Waals surface area (Å²) in [5, 5.41) is 0. The van der Waals surface area contributed by atoms with Crippen LogP contribution >= 0.6 is 0 Å². The van der Waals surface area contributed by atoms with Crippen LogP contribution in [0, 0.1) is 12.8 Å². The molecule has 2 aromatic carbocycles. The Hall–Kier alpha value is -2.22. The monoisotopic (exact) mass is 441 g/mol. The first-order valence-electron chi connectivity index (χ1n) is 11.1. The molecule has 0 spiro atoms. The van der Waals surface area contributed by atoms with Gasteiger partial charge in [-0.15, -0.1) is 0 Å². The van der Waals surface area contributed by atoms with Crippen LogP contribution in [0.1, 0.15) is 24.0 Å². The summed E-state index contributed by atoms with van der Waals surface area (Å²) in [4.78, 5) is 17.8. The smallest absolute Gasteiger partial charge is 0.243 e. The summed E-state index contributed by atoms with van der Waals surface area (Å²) in [5.74, 6) is -0.155. The Morgan fingerprint density at radius 3 is 2.29 bits per heavy atom. The lowest BCUT2D eigenvalue weighted by molar-refractivity contribution is -0.138. The third-order valence-corrected chi connectivity index (χ3v) is 8.20. The molecule has 1 unspecified atom stereocenters. The molecular formula is C24H31N3O3S. The van der Waals surface area contributed by atoms with Gasteiger partial charge in [0.25, 0.3) is 0 Å². The summed E-state index contributed by atoms with van der Waals surface area (Å²) in [6.45, 7) is 6.68. The molecule has 2 saturated heterocycles. The van der Waals surface area contributed by atoms with E-state index in [1.54, 1.807) is 12.1 Å². The summed E-state index contributed by atoms with van der Waals surface area (Å²) < 4.78 is 27.6. The van der Waals surface area contributed by atoms with Crippen molar-refractivity contribution in [1.82, 2.24) is 14.1 Å². The van der Waals surface area contributed by atoms with Gasteiger partial charge < -0.3 is 4.90 Å². The van der Waals surface area contributed by atoms with Gasteiger partial charge in [0.05, 0.1) is 10.8 Å². The molecule has 1 atom stereocenters. The molecule has 2 aliphatic heterocycles. The molecule has 2 aliphatic rings. The van der Waals surface area contributed by atoms with Gasteiger partial charge in [0, 0.05) is 45.8 Å². The number of sulfonamides is 1. The van der Waals surface area contributed by atoms with Crippen molar-refractivity contribution in [2.45, 2.75) is 31.2 Å². The quantitative estimate of drug-likeness (QED) is 0.716. The Labute approximate surface area is 185 Å². The van der Waals surface area contributed by atoms with Gasteiger partial charge in [-0.1, -0.05) is 48.0 Å². The van der Waals surface area contributed by atoms with Crippen LogP contribution in [0.3, 0.4) is 0 Å². The number of amides is 1. The van der Waals surface area contributed by atoms with E-state index in [1.165, 1.54) is 9.87 Å². The highest BCUT2D eigenvalue weighted by Gasteiger charge is 2.35. The summed E-state index contributed by atoms with van der Waals surface area (Å²) in [6, 6.07) is 17.3. The molecule has 0 saturated carbocycles. The van der Waals surface area contributed by atoms with Crippen molar-refractivity contribution < 1.29 is 13.2 Å². The largest absolute Gasteiger partial charge is 0.340 e. The molecule has 6 nitrogen and oxygen atoms in total. The number of carbonyl (C=O) groups excluding carboxylic acids is 1. The van der Waals surface area contributed by atoms with Crippen LogP contribution in [0.25, 0.3) is 0 Å². The number of hydrogen-bond donors (Lipinski definition) is 0. The second kappa shape index (κ2) is 9.51. The molecular weight excluding hydrogens is 410 g/mol. The van der Waals surface area contributed by atoms with E-state index >= 15 is 0 Å². The van der Waals surface area contributed by atoms with E-state index in [2.05, 4.69) is 29.2 Å². The predicted octanol–water partition coefficient (Wildman–Crippen LogP) is 2.74. The van der Waals surface area contributed by atoms with E-state index in [9.17, 15) is 13.2 Å². The Kier molecular flexibility index (Phi) is 6.74. The summed E-state index contributed by atoms with van der Waals surface area (Å²) in [6.07, 6.45) is 1.47. The summed E-state index contributed by atoms with van der Waals surface area (Å²) >= 11 is 0. The van der Waals surface area contributed by atoms with E-state index in [0.717, 1.165) is 38.0 Å². The van der Waals surface area contributed by atoms with Crippen molar-refractivity contribution in [3.63, 3.8) is 0 Å². The number of hydrogen-bond acceptors (Lipinski definition) is 4. The highest BCUT2D eigenvalue weighted by molar-refractivity contribution is 7.89. The molecule has 4 rings (SSSR count). The molecule has 0 aromatic heterocycles. The lowest BCUT2D eigenvalue weighted by atomic mass is 9.97. The first-order chi connectivity index (χ1) is 14.9. The minimum absolute atomic E-state index is 0.100. The highest BCUT2D eigenvalue weighted by atomic mass is 32.2. The zero-order valence-corrected chi connectivity index (χ0v) is 18.9. The standard InChI is InChI=1S/C24H31N3O3S/c1-20-9-11-23(12-10-20)31(29,30)27-13-5-8-22(19-27)24(28)26-16-14-25(15-17-26)18-21-6-3-2-4-7-21/h2-4,6-7,9-12,22H,5,8,13-19H2,1H3. The van der Waals surface area contributed by atoms with E-state index in [1.807, 2.05) is 30.0 Å². The van der Waals surface area contributed by atoms with Crippen LogP contribution < -0.4 is 0 Å². The molecule has 0 N–H and O–H groups in total. The fraction of sp³-hybridized carbons (Fsp3) is 0.458. The molecule has 1 amide bonds. The second-order valence-corrected chi connectivity index (χ2v) is 10.5. The zero-order valence-electron chi connectivity index (χ0n) is 18.1. The molecule has 31 heavy (non-hydrogen) atoms. The molecule has 166 valence electrons. The van der Waals surface area contributed by atoms with Gasteiger partial charge in [-0.3, -0.25) is 9.69 Å². The van der Waals surface area contributed by atoms with E-state index in [-0.39, 0.29) is 18.4 Å². The third kappa shape index (κ3) is 5.17. The maximum atomic E-state index is 13.2. The van der Waals surface area contributed by atoms with Crippen LogP contribution in [0.4, 0.5) is 0 Å². The highest BCUT2D eigenvalue weighted by Crippen LogP contribution is 2.25. The fourth-order valence-corrected chi connectivity index (χ4v) is 5.97. The minimum atomic E-state index is -3.56. The summed E-state index contributed by atoms with van der Waals surface area (Å²) in [5.41, 5.74) is 2.31. The van der Waals surface area contributed by atoms with Crippen LogP contribution in [0.2, 0.25) is 0 Å². The molecule has 2 aromatic rings. The van der Waals surface area contributed by atoms with Crippen molar-refractivity contribution in [1.29, 1.82) is 0 Å². The second-order valence-electron chi connectivity index (χ2n) is 8.60. The van der Waals surface area contributed by atoms with Crippen LogP contribution in [0.15, 0.2) is 59.5 Å². The predicted molar refractivity (Wildman–Crippen MR) is 121 cm³/mol. The topological polar surface area (TPSA) is 60.9 Å². The summed E-state index contributed by atoms with van der Waals surface area (Å²) in [7, 11) is -3.56. The van der Waals surface area contributed by atoms with Gasteiger partial charge in [-0.2, -0.15) is 4.31 Å². The lowest BCUT2D eigenvalue weighted by Crippen LogP contribution is -2.52. The van der Waals surface area contributed by atoms with Crippen molar-refractivity contribution in [2.24, 2.45) is 5.92 Å². The van der Waals surface area contributed by atoms with Gasteiger partial charge >= 0.3 is 0 Å². The average molecular weight is 442 g/mol. The van der Waals surface area contributed by atoms with Crippen molar-refractivity contribution in [3.8, 4) is 0 Å². The molecule has 2 fully saturated rings. The van der Waals surface area contributed by atoms with Crippen molar-refractivity contribution >= 4 is 15.9 Å². The van der Waals surface area contributed by atoms with Gasteiger partial charge in [0.1, 0.15) is 0 Å². The van der Waals surface area contributed by atoms with Gasteiger partial charge in [0.15, 0.2) is 0 Å². The van der Waals surface area contributed by atoms with E-state index < -0.39 is 10.0 Å². The molecule has 2 heterocycles. The number of rotatable bonds is 5. The number of carbonyl (C=O) groups is 1. The zero-order chi connectivity index (χ0) is 21.8. The number of aryl methyl sites for hydroxylation is 1. The van der Waals surface area contributed by atoms with Crippen molar-refractivity contribution in [2.75, 3.05) is 39.3 Å². The Bertz CT molecular complexity index is 984. The van der Waals surface area contributed by atoms with Crippen LogP contribution in [-0.2, 0) is 21.4 Å². The van der Waals surface area contributed by atoms with Crippen LogP contribution in [-0.4, -0.2) is 67.7 Å². The third-order valence-electron chi connectivity index (χ3n) is 6.33. The van der Waals surface area contributed by atoms with Gasteiger partial charge in [0.2, 0.25) is 15.9 Å². The fourth-order valence-electron chi connectivity index (χ4n) is 4.45. The van der Waals surface area contributed by atoms with E-state index in [0.29, 0.717) is 24.5 Å². The molecule has 0 aliphatic carbocycles. The first-order valence-corrected chi connectivity index (χ1v) is 12.5. The SMILES string of the molecule is Cc1ccc(S(=O)(=O)N2CCCC(C(=O)N3CCN(Cc4ccccc4)CC3)C2)cc1. The molecule has 7 heteroatoms. The van der Waals surface area contributed by atoms with Crippen molar-refractivity contribution in [3.05, 3.63) is 65.7 Å². The van der Waals surface area contributed by atoms with Crippen LogP contribution in [0.5, 0.6) is 0 Å². The van der Waals surface area contributed by atoms with Gasteiger partial charge in [-0.05, 0) is 37.5 Å².